The van der Waals surface area contributed by atoms with E-state index in [0.29, 0.717) is 5.91 Å². The van der Waals surface area contributed by atoms with Gasteiger partial charge in [-0.05, 0) is 50.3 Å². The van der Waals surface area contributed by atoms with Gasteiger partial charge in [0.15, 0.2) is 0 Å². The Bertz CT molecular complexity index is 981. The van der Waals surface area contributed by atoms with Gasteiger partial charge in [-0.25, -0.2) is 0 Å². The molecule has 1 spiro atoms. The van der Waals surface area contributed by atoms with Crippen LogP contribution in [0.25, 0.3) is 6.08 Å². The smallest absolute Gasteiger partial charge is 0.226 e. The Hall–Kier alpha value is -2.44. The molecule has 6 nitrogen and oxygen atoms in total. The van der Waals surface area contributed by atoms with Crippen molar-refractivity contribution in [3.8, 4) is 0 Å². The SMILES string of the molecule is Cc1c(CN2CCC3(CC2)CC3C(=O)N2CCN(C/C=C/c3ccccc3)CC2)cnn1C. The summed E-state index contributed by atoms with van der Waals surface area (Å²) >= 11 is 0. The van der Waals surface area contributed by atoms with Crippen LogP contribution in [0.5, 0.6) is 0 Å². The summed E-state index contributed by atoms with van der Waals surface area (Å²) < 4.78 is 1.95. The highest BCUT2D eigenvalue weighted by molar-refractivity contribution is 5.83. The van der Waals surface area contributed by atoms with Crippen LogP contribution in [0.15, 0.2) is 42.6 Å². The van der Waals surface area contributed by atoms with Crippen molar-refractivity contribution in [3.63, 3.8) is 0 Å². The Morgan fingerprint density at radius 1 is 1.06 bits per heavy atom. The minimum atomic E-state index is 0.268. The van der Waals surface area contributed by atoms with E-state index in [1.807, 2.05) is 24.0 Å². The van der Waals surface area contributed by atoms with E-state index in [-0.39, 0.29) is 11.3 Å². The molecule has 0 radical (unpaired) electrons. The quantitative estimate of drug-likeness (QED) is 0.682. The molecule has 2 aromatic rings. The van der Waals surface area contributed by atoms with Crippen LogP contribution in [0.4, 0.5) is 0 Å². The maximum atomic E-state index is 13.2. The molecule has 3 fully saturated rings. The number of aryl methyl sites for hydroxylation is 1. The van der Waals surface area contributed by atoms with Gasteiger partial charge in [0, 0.05) is 63.5 Å². The second kappa shape index (κ2) is 9.43. The van der Waals surface area contributed by atoms with Gasteiger partial charge in [0.25, 0.3) is 0 Å². The molecule has 1 atom stereocenters. The molecule has 3 aliphatic rings. The van der Waals surface area contributed by atoms with Crippen molar-refractivity contribution >= 4 is 12.0 Å². The fraction of sp³-hybridized carbons (Fsp3) is 0.556. The number of carbonyl (C=O) groups is 1. The average molecular weight is 448 g/mol. The third-order valence-corrected chi connectivity index (χ3v) is 8.23. The first-order chi connectivity index (χ1) is 16.0. The highest BCUT2D eigenvalue weighted by Crippen LogP contribution is 2.60. The Labute approximate surface area is 197 Å². The first-order valence-corrected chi connectivity index (χ1v) is 12.5. The van der Waals surface area contributed by atoms with Crippen LogP contribution in [0.1, 0.15) is 36.1 Å². The van der Waals surface area contributed by atoms with Crippen LogP contribution < -0.4 is 0 Å². The van der Waals surface area contributed by atoms with Crippen LogP contribution >= 0.6 is 0 Å². The molecule has 1 amide bonds. The number of piperidine rings is 1. The summed E-state index contributed by atoms with van der Waals surface area (Å²) in [6.45, 7) is 9.97. The van der Waals surface area contributed by atoms with E-state index in [4.69, 9.17) is 0 Å². The zero-order chi connectivity index (χ0) is 22.8. The Kier molecular flexibility index (Phi) is 6.39. The Morgan fingerprint density at radius 3 is 2.45 bits per heavy atom. The van der Waals surface area contributed by atoms with Crippen molar-refractivity contribution in [2.75, 3.05) is 45.8 Å². The first-order valence-electron chi connectivity index (χ1n) is 12.5. The lowest BCUT2D eigenvalue weighted by atomic mass is 9.90. The van der Waals surface area contributed by atoms with Crippen molar-refractivity contribution in [3.05, 3.63) is 59.4 Å². The van der Waals surface area contributed by atoms with E-state index in [1.165, 1.54) is 16.8 Å². The number of aromatic nitrogens is 2. The molecule has 33 heavy (non-hydrogen) atoms. The first kappa shape index (κ1) is 22.4. The Morgan fingerprint density at radius 2 is 1.79 bits per heavy atom. The average Bonchev–Trinajstić information content (AvgIpc) is 3.46. The van der Waals surface area contributed by atoms with Gasteiger partial charge in [0.1, 0.15) is 0 Å². The van der Waals surface area contributed by atoms with E-state index >= 15 is 0 Å². The molecule has 1 unspecified atom stereocenters. The van der Waals surface area contributed by atoms with Gasteiger partial charge in [-0.3, -0.25) is 19.3 Å². The van der Waals surface area contributed by atoms with Crippen molar-refractivity contribution in [2.45, 2.75) is 32.7 Å². The summed E-state index contributed by atoms with van der Waals surface area (Å²) in [6, 6.07) is 10.4. The maximum Gasteiger partial charge on any atom is 0.226 e. The fourth-order valence-corrected chi connectivity index (χ4v) is 5.62. The molecule has 1 aromatic heterocycles. The number of nitrogens with zero attached hydrogens (tertiary/aromatic N) is 5. The number of hydrogen-bond acceptors (Lipinski definition) is 4. The summed E-state index contributed by atoms with van der Waals surface area (Å²) in [7, 11) is 2.01. The highest BCUT2D eigenvalue weighted by Gasteiger charge is 2.59. The molecule has 2 saturated heterocycles. The van der Waals surface area contributed by atoms with Crippen LogP contribution in [0.2, 0.25) is 0 Å². The largest absolute Gasteiger partial charge is 0.340 e. The summed E-state index contributed by atoms with van der Waals surface area (Å²) in [5.41, 5.74) is 4.11. The third kappa shape index (κ3) is 4.92. The molecule has 0 N–H and O–H groups in total. The Balaban J connectivity index is 1.05. The van der Waals surface area contributed by atoms with Crippen molar-refractivity contribution in [1.82, 2.24) is 24.5 Å². The summed E-state index contributed by atoms with van der Waals surface area (Å²) in [5.74, 6) is 0.690. The number of rotatable bonds is 6. The lowest BCUT2D eigenvalue weighted by Gasteiger charge is -2.36. The molecular formula is C27H37N5O. The van der Waals surface area contributed by atoms with E-state index in [2.05, 4.69) is 63.1 Å². The number of piperazine rings is 1. The molecule has 1 saturated carbocycles. The minimum Gasteiger partial charge on any atom is -0.340 e. The third-order valence-electron chi connectivity index (χ3n) is 8.23. The molecule has 5 rings (SSSR count). The zero-order valence-corrected chi connectivity index (χ0v) is 20.1. The van der Waals surface area contributed by atoms with Gasteiger partial charge in [-0.1, -0.05) is 42.5 Å². The number of likely N-dealkylation sites (tertiary alicyclic amines) is 1. The summed E-state index contributed by atoms with van der Waals surface area (Å²) in [4.78, 5) is 20.4. The predicted octanol–water partition coefficient (Wildman–Crippen LogP) is 3.19. The van der Waals surface area contributed by atoms with E-state index in [0.717, 1.165) is 71.6 Å². The lowest BCUT2D eigenvalue weighted by Crippen LogP contribution is -2.49. The second-order valence-corrected chi connectivity index (χ2v) is 10.2. The van der Waals surface area contributed by atoms with Crippen LogP contribution in [-0.4, -0.2) is 76.2 Å². The summed E-state index contributed by atoms with van der Waals surface area (Å²) in [6.07, 6.45) is 9.85. The van der Waals surface area contributed by atoms with Crippen molar-refractivity contribution in [2.24, 2.45) is 18.4 Å². The van der Waals surface area contributed by atoms with Gasteiger partial charge in [-0.2, -0.15) is 5.10 Å². The van der Waals surface area contributed by atoms with Gasteiger partial charge < -0.3 is 4.90 Å². The van der Waals surface area contributed by atoms with E-state index in [1.54, 1.807) is 0 Å². The predicted molar refractivity (Wildman–Crippen MR) is 131 cm³/mol. The van der Waals surface area contributed by atoms with Crippen molar-refractivity contribution < 1.29 is 4.79 Å². The van der Waals surface area contributed by atoms with Gasteiger partial charge in [-0.15, -0.1) is 0 Å². The molecule has 1 aromatic carbocycles. The van der Waals surface area contributed by atoms with Gasteiger partial charge in [0.05, 0.1) is 6.20 Å². The van der Waals surface area contributed by atoms with Crippen LogP contribution in [0, 0.1) is 18.3 Å². The molecule has 2 aliphatic heterocycles. The van der Waals surface area contributed by atoms with Gasteiger partial charge >= 0.3 is 0 Å². The fourth-order valence-electron chi connectivity index (χ4n) is 5.62. The van der Waals surface area contributed by atoms with E-state index in [9.17, 15) is 4.79 Å². The molecule has 176 valence electrons. The van der Waals surface area contributed by atoms with Gasteiger partial charge in [0.2, 0.25) is 5.91 Å². The zero-order valence-electron chi connectivity index (χ0n) is 20.1. The van der Waals surface area contributed by atoms with E-state index < -0.39 is 0 Å². The monoisotopic (exact) mass is 447 g/mol. The number of amides is 1. The minimum absolute atomic E-state index is 0.268. The standard InChI is InChI=1S/C27H37N5O/c1-22-24(20-28-29(22)2)21-31-13-10-27(11-14-31)19-25(27)26(33)32-17-15-30(16-18-32)12-6-9-23-7-4-3-5-8-23/h3-9,20,25H,10-19,21H2,1-2H3/b9-6+. The number of benzene rings is 1. The molecule has 1 aliphatic carbocycles. The molecule has 0 bridgehead atoms. The number of hydrogen-bond donors (Lipinski definition) is 0. The molecule has 3 heterocycles. The topological polar surface area (TPSA) is 44.6 Å². The molecule has 6 heteroatoms. The maximum absolute atomic E-state index is 13.2. The normalized spacial score (nSPS) is 23.5. The van der Waals surface area contributed by atoms with Crippen LogP contribution in [-0.2, 0) is 18.4 Å². The second-order valence-electron chi connectivity index (χ2n) is 10.2. The van der Waals surface area contributed by atoms with Crippen molar-refractivity contribution in [1.29, 1.82) is 0 Å². The highest BCUT2D eigenvalue weighted by atomic mass is 16.2. The number of carbonyl (C=O) groups excluding carboxylic acids is 1. The van der Waals surface area contributed by atoms with Crippen LogP contribution in [0.3, 0.4) is 0 Å². The summed E-state index contributed by atoms with van der Waals surface area (Å²) in [5, 5.41) is 4.38. The lowest BCUT2D eigenvalue weighted by molar-refractivity contribution is -0.135. The molecular weight excluding hydrogens is 410 g/mol.